The number of fused-ring (bicyclic) bond motifs is 1. The molecule has 1 aliphatic heterocycles. The molecule has 0 spiro atoms. The maximum absolute atomic E-state index is 13.1. The maximum Gasteiger partial charge on any atom is 0.407 e. The predicted molar refractivity (Wildman–Crippen MR) is 135 cm³/mol. The molecule has 10 heteroatoms. The van der Waals surface area contributed by atoms with Crippen molar-refractivity contribution in [2.45, 2.75) is 10.9 Å². The molecule has 2 aromatic carbocycles. The lowest BCUT2D eigenvalue weighted by Crippen LogP contribution is -2.50. The minimum Gasteiger partial charge on any atom is -0.465 e. The highest BCUT2D eigenvalue weighted by Gasteiger charge is 2.34. The lowest BCUT2D eigenvalue weighted by Gasteiger charge is -2.38. The minimum atomic E-state index is -3.83. The van der Waals surface area contributed by atoms with Crippen LogP contribution in [-0.2, 0) is 10.0 Å². The van der Waals surface area contributed by atoms with Gasteiger partial charge in [0.25, 0.3) is 10.0 Å². The summed E-state index contributed by atoms with van der Waals surface area (Å²) in [5.74, 6) is 0. The molecule has 0 atom stereocenters. The van der Waals surface area contributed by atoms with Gasteiger partial charge in [0.1, 0.15) is 5.65 Å². The van der Waals surface area contributed by atoms with E-state index in [1.54, 1.807) is 42.6 Å². The fourth-order valence-electron chi connectivity index (χ4n) is 4.30. The van der Waals surface area contributed by atoms with Gasteiger partial charge in [-0.15, -0.1) is 0 Å². The number of amides is 1. The Bertz CT molecular complexity index is 1510. The summed E-state index contributed by atoms with van der Waals surface area (Å²) in [6.07, 6.45) is 2.55. The maximum atomic E-state index is 13.1. The van der Waals surface area contributed by atoms with E-state index < -0.39 is 16.1 Å². The summed E-state index contributed by atoms with van der Waals surface area (Å²) < 4.78 is 31.0. The van der Waals surface area contributed by atoms with Gasteiger partial charge in [-0.25, -0.2) is 18.2 Å². The van der Waals surface area contributed by atoms with E-state index in [0.29, 0.717) is 29.8 Å². The second kappa shape index (κ2) is 8.62. The summed E-state index contributed by atoms with van der Waals surface area (Å²) in [6, 6.07) is 17.7. The number of anilines is 2. The Kier molecular flexibility index (Phi) is 5.60. The number of aromatic nitrogens is 2. The number of carbonyl (C=O) groups is 1. The van der Waals surface area contributed by atoms with Crippen LogP contribution in [0.5, 0.6) is 0 Å². The highest BCUT2D eigenvalue weighted by atomic mass is 32.2. The number of likely N-dealkylation sites (tertiary alicyclic amines) is 1. The standard InChI is InChI=1S/C25H25N5O4S/c1-28(2)18-8-6-7-17(13-18)21-16-30(19-14-29(15-19)25(31)32)24-23(21)22(11-12-26-24)27-35(33,34)20-9-4-3-5-10-20/h3-13,16,19H,14-15H2,1-2H3,(H,26,27)(H,31,32). The molecule has 1 amide bonds. The molecule has 3 heterocycles. The lowest BCUT2D eigenvalue weighted by molar-refractivity contribution is 0.0870. The number of rotatable bonds is 6. The molecule has 1 saturated heterocycles. The number of hydrogen-bond donors (Lipinski definition) is 2. The van der Waals surface area contributed by atoms with Crippen LogP contribution in [0, 0.1) is 0 Å². The Hall–Kier alpha value is -4.05. The van der Waals surface area contributed by atoms with Crippen molar-refractivity contribution in [3.8, 4) is 11.1 Å². The predicted octanol–water partition coefficient (Wildman–Crippen LogP) is 4.10. The molecule has 5 rings (SSSR count). The van der Waals surface area contributed by atoms with Crippen LogP contribution in [0.15, 0.2) is 78.0 Å². The summed E-state index contributed by atoms with van der Waals surface area (Å²) >= 11 is 0. The topological polar surface area (TPSA) is 108 Å². The van der Waals surface area contributed by atoms with Gasteiger partial charge < -0.3 is 19.5 Å². The second-order valence-electron chi connectivity index (χ2n) is 8.71. The third kappa shape index (κ3) is 4.17. The Morgan fingerprint density at radius 2 is 1.83 bits per heavy atom. The molecule has 0 aliphatic carbocycles. The Morgan fingerprint density at radius 3 is 2.51 bits per heavy atom. The normalized spacial score (nSPS) is 14.1. The Morgan fingerprint density at radius 1 is 1.09 bits per heavy atom. The summed E-state index contributed by atoms with van der Waals surface area (Å²) in [7, 11) is 0.0840. The van der Waals surface area contributed by atoms with Crippen LogP contribution in [0.1, 0.15) is 6.04 Å². The minimum absolute atomic E-state index is 0.0899. The van der Waals surface area contributed by atoms with Crippen LogP contribution in [0.25, 0.3) is 22.2 Å². The molecule has 0 unspecified atom stereocenters. The number of nitrogens with zero attached hydrogens (tertiary/aromatic N) is 4. The molecule has 0 saturated carbocycles. The molecular weight excluding hydrogens is 466 g/mol. The van der Waals surface area contributed by atoms with Crippen LogP contribution < -0.4 is 9.62 Å². The van der Waals surface area contributed by atoms with Crippen LogP contribution in [-0.4, -0.2) is 61.3 Å². The molecule has 35 heavy (non-hydrogen) atoms. The van der Waals surface area contributed by atoms with Gasteiger partial charge in [0.2, 0.25) is 0 Å². The zero-order valence-corrected chi connectivity index (χ0v) is 20.1. The number of nitrogens with one attached hydrogen (secondary N) is 1. The molecule has 2 aromatic heterocycles. The molecular formula is C25H25N5O4S. The van der Waals surface area contributed by atoms with E-state index in [9.17, 15) is 18.3 Å². The zero-order valence-electron chi connectivity index (χ0n) is 19.3. The average Bonchev–Trinajstić information content (AvgIpc) is 3.19. The van der Waals surface area contributed by atoms with Gasteiger partial charge in [-0.3, -0.25) is 4.72 Å². The van der Waals surface area contributed by atoms with Crippen molar-refractivity contribution in [2.24, 2.45) is 0 Å². The molecule has 0 radical (unpaired) electrons. The van der Waals surface area contributed by atoms with E-state index in [1.165, 1.54) is 4.90 Å². The van der Waals surface area contributed by atoms with Crippen molar-refractivity contribution < 1.29 is 18.3 Å². The zero-order chi connectivity index (χ0) is 24.7. The average molecular weight is 492 g/mol. The van der Waals surface area contributed by atoms with E-state index in [0.717, 1.165) is 16.8 Å². The van der Waals surface area contributed by atoms with Crippen LogP contribution >= 0.6 is 0 Å². The first-order valence-corrected chi connectivity index (χ1v) is 12.6. The van der Waals surface area contributed by atoms with Gasteiger partial charge in [-0.2, -0.15) is 0 Å². The third-order valence-corrected chi connectivity index (χ3v) is 7.59. The molecule has 9 nitrogen and oxygen atoms in total. The number of sulfonamides is 1. The summed E-state index contributed by atoms with van der Waals surface area (Å²) in [5.41, 5.74) is 3.73. The van der Waals surface area contributed by atoms with Crippen molar-refractivity contribution in [3.05, 3.63) is 73.1 Å². The summed E-state index contributed by atoms with van der Waals surface area (Å²) in [4.78, 5) is 19.4. The van der Waals surface area contributed by atoms with Crippen LogP contribution in [0.2, 0.25) is 0 Å². The quantitative estimate of drug-likeness (QED) is 0.420. The van der Waals surface area contributed by atoms with E-state index in [2.05, 4.69) is 9.71 Å². The molecule has 1 aliphatic rings. The van der Waals surface area contributed by atoms with E-state index >= 15 is 0 Å². The van der Waals surface area contributed by atoms with E-state index in [1.807, 2.05) is 54.0 Å². The highest BCUT2D eigenvalue weighted by molar-refractivity contribution is 7.92. The third-order valence-electron chi connectivity index (χ3n) is 6.21. The van der Waals surface area contributed by atoms with E-state index in [4.69, 9.17) is 0 Å². The van der Waals surface area contributed by atoms with Crippen molar-refractivity contribution in [1.29, 1.82) is 0 Å². The molecule has 1 fully saturated rings. The van der Waals surface area contributed by atoms with Crippen molar-refractivity contribution in [1.82, 2.24) is 14.5 Å². The van der Waals surface area contributed by atoms with Crippen LogP contribution in [0.3, 0.4) is 0 Å². The monoisotopic (exact) mass is 491 g/mol. The molecule has 4 aromatic rings. The molecule has 2 N–H and O–H groups in total. The van der Waals surface area contributed by atoms with Crippen molar-refractivity contribution >= 4 is 38.5 Å². The highest BCUT2D eigenvalue weighted by Crippen LogP contribution is 2.39. The number of hydrogen-bond acceptors (Lipinski definition) is 5. The fourth-order valence-corrected chi connectivity index (χ4v) is 5.39. The Labute approximate surface area is 203 Å². The summed E-state index contributed by atoms with van der Waals surface area (Å²) in [6.45, 7) is 0.690. The first kappa shape index (κ1) is 22.7. The number of carboxylic acid groups (broad SMARTS) is 1. The first-order valence-electron chi connectivity index (χ1n) is 11.1. The lowest BCUT2D eigenvalue weighted by atomic mass is 10.0. The SMILES string of the molecule is CN(C)c1cccc(-c2cn(C3CN(C(=O)O)C3)c3nccc(NS(=O)(=O)c4ccccc4)c23)c1. The second-order valence-corrected chi connectivity index (χ2v) is 10.4. The van der Waals surface area contributed by atoms with Gasteiger partial charge in [-0.05, 0) is 35.9 Å². The number of benzene rings is 2. The first-order chi connectivity index (χ1) is 16.7. The smallest absolute Gasteiger partial charge is 0.407 e. The largest absolute Gasteiger partial charge is 0.465 e. The van der Waals surface area contributed by atoms with E-state index in [-0.39, 0.29) is 10.9 Å². The number of pyridine rings is 1. The summed E-state index contributed by atoms with van der Waals surface area (Å²) in [5, 5.41) is 9.94. The van der Waals surface area contributed by atoms with Crippen LogP contribution in [0.4, 0.5) is 16.2 Å². The van der Waals surface area contributed by atoms with Gasteiger partial charge >= 0.3 is 6.09 Å². The fraction of sp³-hybridized carbons (Fsp3) is 0.200. The van der Waals surface area contributed by atoms with Gasteiger partial charge in [-0.1, -0.05) is 30.3 Å². The molecule has 0 bridgehead atoms. The van der Waals surface area contributed by atoms with Gasteiger partial charge in [0, 0.05) is 50.8 Å². The van der Waals surface area contributed by atoms with Gasteiger partial charge in [0.15, 0.2) is 0 Å². The van der Waals surface area contributed by atoms with Crippen molar-refractivity contribution in [2.75, 3.05) is 36.8 Å². The molecule has 180 valence electrons. The van der Waals surface area contributed by atoms with Gasteiger partial charge in [0.05, 0.1) is 22.0 Å². The Balaban J connectivity index is 1.66. The van der Waals surface area contributed by atoms with Crippen molar-refractivity contribution in [3.63, 3.8) is 0 Å².